The average Bonchev–Trinajstić information content (AvgIpc) is 1.84. The highest BCUT2D eigenvalue weighted by atomic mass is 16.2. The minimum absolute atomic E-state index is 0.0127. The van der Waals surface area contributed by atoms with Gasteiger partial charge in [-0.2, -0.15) is 0 Å². The van der Waals surface area contributed by atoms with Crippen LogP contribution in [0.4, 0.5) is 0 Å². The van der Waals surface area contributed by atoms with Crippen molar-refractivity contribution in [3.63, 3.8) is 0 Å². The summed E-state index contributed by atoms with van der Waals surface area (Å²) >= 11 is 0. The van der Waals surface area contributed by atoms with E-state index >= 15 is 0 Å². The molecular formula is C8H16N2O. The van der Waals surface area contributed by atoms with Crippen molar-refractivity contribution in [2.75, 3.05) is 0 Å². The molecule has 1 amide bonds. The Morgan fingerprint density at radius 2 is 2.09 bits per heavy atom. The van der Waals surface area contributed by atoms with Crippen LogP contribution in [0, 0.1) is 11.3 Å². The molecule has 0 spiro atoms. The Balaban J connectivity index is 2.67. The lowest BCUT2D eigenvalue weighted by Gasteiger charge is -2.43. The number of carbonyl (C=O) groups is 1. The van der Waals surface area contributed by atoms with Crippen molar-refractivity contribution in [1.29, 1.82) is 0 Å². The Bertz CT molecular complexity index is 161. The van der Waals surface area contributed by atoms with Gasteiger partial charge in [-0.05, 0) is 18.8 Å². The lowest BCUT2D eigenvalue weighted by molar-refractivity contribution is -0.139. The van der Waals surface area contributed by atoms with E-state index in [4.69, 9.17) is 5.84 Å². The van der Waals surface area contributed by atoms with Crippen molar-refractivity contribution in [3.05, 3.63) is 0 Å². The molecule has 1 aliphatic carbocycles. The van der Waals surface area contributed by atoms with Crippen molar-refractivity contribution < 1.29 is 4.79 Å². The van der Waals surface area contributed by atoms with Crippen LogP contribution in [0.25, 0.3) is 0 Å². The first-order valence-corrected chi connectivity index (χ1v) is 4.14. The Morgan fingerprint density at radius 1 is 1.55 bits per heavy atom. The van der Waals surface area contributed by atoms with Crippen LogP contribution < -0.4 is 11.3 Å². The zero-order valence-electron chi connectivity index (χ0n) is 7.18. The molecule has 3 N–H and O–H groups in total. The number of hydrogen-bond acceptors (Lipinski definition) is 2. The van der Waals surface area contributed by atoms with E-state index in [9.17, 15) is 4.79 Å². The summed E-state index contributed by atoms with van der Waals surface area (Å²) in [4.78, 5) is 11.3. The summed E-state index contributed by atoms with van der Waals surface area (Å²) < 4.78 is 0. The zero-order valence-corrected chi connectivity index (χ0v) is 7.18. The first-order chi connectivity index (χ1) is 5.13. The van der Waals surface area contributed by atoms with Crippen LogP contribution in [-0.4, -0.2) is 5.91 Å². The molecular weight excluding hydrogens is 140 g/mol. The number of rotatable bonds is 2. The smallest absolute Gasteiger partial charge is 0.240 e. The molecule has 11 heavy (non-hydrogen) atoms. The molecule has 0 unspecified atom stereocenters. The van der Waals surface area contributed by atoms with Crippen LogP contribution in [-0.2, 0) is 4.79 Å². The van der Waals surface area contributed by atoms with Gasteiger partial charge in [0.25, 0.3) is 0 Å². The third kappa shape index (κ3) is 1.13. The number of carbonyl (C=O) groups excluding carboxylic acids is 1. The summed E-state index contributed by atoms with van der Waals surface area (Å²) in [6.45, 7) is 4.16. The van der Waals surface area contributed by atoms with Crippen molar-refractivity contribution >= 4 is 5.91 Å². The Labute approximate surface area is 67.3 Å². The van der Waals surface area contributed by atoms with E-state index in [1.54, 1.807) is 0 Å². The third-order valence-corrected chi connectivity index (χ3v) is 2.93. The molecule has 3 nitrogen and oxygen atoms in total. The van der Waals surface area contributed by atoms with Crippen LogP contribution >= 0.6 is 0 Å². The van der Waals surface area contributed by atoms with Gasteiger partial charge in [0.05, 0.1) is 5.41 Å². The minimum atomic E-state index is -0.144. The van der Waals surface area contributed by atoms with E-state index in [0.717, 1.165) is 19.3 Å². The molecule has 1 rings (SSSR count). The van der Waals surface area contributed by atoms with Gasteiger partial charge in [0, 0.05) is 0 Å². The highest BCUT2D eigenvalue weighted by Gasteiger charge is 2.46. The van der Waals surface area contributed by atoms with Gasteiger partial charge in [-0.25, -0.2) is 5.84 Å². The molecule has 1 aliphatic rings. The first kappa shape index (κ1) is 8.53. The third-order valence-electron chi connectivity index (χ3n) is 2.93. The summed E-state index contributed by atoms with van der Waals surface area (Å²) in [5, 5.41) is 0. The minimum Gasteiger partial charge on any atom is -0.294 e. The molecule has 0 saturated heterocycles. The van der Waals surface area contributed by atoms with Gasteiger partial charge >= 0.3 is 0 Å². The topological polar surface area (TPSA) is 55.1 Å². The maximum absolute atomic E-state index is 11.3. The maximum Gasteiger partial charge on any atom is 0.240 e. The van der Waals surface area contributed by atoms with Crippen LogP contribution in [0.2, 0.25) is 0 Å². The summed E-state index contributed by atoms with van der Waals surface area (Å²) in [5.74, 6) is 5.52. The van der Waals surface area contributed by atoms with Crippen molar-refractivity contribution in [2.24, 2.45) is 17.2 Å². The van der Waals surface area contributed by atoms with Gasteiger partial charge in [-0.1, -0.05) is 20.3 Å². The average molecular weight is 156 g/mol. The fraction of sp³-hybridized carbons (Fsp3) is 0.875. The number of nitrogens with one attached hydrogen (secondary N) is 1. The highest BCUT2D eigenvalue weighted by molar-refractivity contribution is 5.83. The molecule has 0 bridgehead atoms. The Hall–Kier alpha value is -0.570. The zero-order chi connectivity index (χ0) is 8.48. The summed E-state index contributed by atoms with van der Waals surface area (Å²) in [6.07, 6.45) is 3.15. The standard InChI is InChI=1S/C8H16N2O/c1-6(2)8(4-3-5-8)7(11)10-9/h6H,3-5,9H2,1-2H3,(H,10,11). The van der Waals surface area contributed by atoms with Crippen LogP contribution in [0.1, 0.15) is 33.1 Å². The van der Waals surface area contributed by atoms with Crippen LogP contribution in [0.3, 0.4) is 0 Å². The molecule has 0 atom stereocenters. The summed E-state index contributed by atoms with van der Waals surface area (Å²) in [6, 6.07) is 0. The molecule has 0 heterocycles. The van der Waals surface area contributed by atoms with Crippen LogP contribution in [0.5, 0.6) is 0 Å². The monoisotopic (exact) mass is 156 g/mol. The van der Waals surface area contributed by atoms with E-state index in [1.165, 1.54) is 0 Å². The molecule has 0 aliphatic heterocycles. The van der Waals surface area contributed by atoms with Gasteiger partial charge in [0.2, 0.25) is 5.91 Å². The first-order valence-electron chi connectivity index (χ1n) is 4.14. The summed E-state index contributed by atoms with van der Waals surface area (Å²) in [7, 11) is 0. The second-order valence-corrected chi connectivity index (χ2v) is 3.64. The quantitative estimate of drug-likeness (QED) is 0.353. The lowest BCUT2D eigenvalue weighted by atomic mass is 9.61. The molecule has 0 aromatic carbocycles. The predicted octanol–water partition coefficient (Wildman–Crippen LogP) is 0.803. The van der Waals surface area contributed by atoms with Gasteiger partial charge in [0.1, 0.15) is 0 Å². The molecule has 1 saturated carbocycles. The number of hydrazine groups is 1. The van der Waals surface area contributed by atoms with E-state index in [0.29, 0.717) is 5.92 Å². The van der Waals surface area contributed by atoms with Gasteiger partial charge in [0.15, 0.2) is 0 Å². The molecule has 1 fully saturated rings. The van der Waals surface area contributed by atoms with Gasteiger partial charge in [-0.3, -0.25) is 10.2 Å². The van der Waals surface area contributed by atoms with Crippen molar-refractivity contribution in [1.82, 2.24) is 5.43 Å². The Morgan fingerprint density at radius 3 is 2.18 bits per heavy atom. The van der Waals surface area contributed by atoms with Crippen molar-refractivity contribution in [3.8, 4) is 0 Å². The predicted molar refractivity (Wildman–Crippen MR) is 43.5 cm³/mol. The van der Waals surface area contributed by atoms with E-state index in [2.05, 4.69) is 19.3 Å². The summed E-state index contributed by atoms with van der Waals surface area (Å²) in [5.41, 5.74) is 2.11. The lowest BCUT2D eigenvalue weighted by Crippen LogP contribution is -2.51. The molecule has 0 aromatic rings. The molecule has 0 radical (unpaired) electrons. The SMILES string of the molecule is CC(C)C1(C(=O)NN)CCC1. The number of nitrogens with two attached hydrogens (primary N) is 1. The number of amides is 1. The maximum atomic E-state index is 11.3. The highest BCUT2D eigenvalue weighted by Crippen LogP contribution is 2.46. The van der Waals surface area contributed by atoms with Gasteiger partial charge < -0.3 is 0 Å². The number of hydrogen-bond donors (Lipinski definition) is 2. The van der Waals surface area contributed by atoms with Crippen molar-refractivity contribution in [2.45, 2.75) is 33.1 Å². The fourth-order valence-electron chi connectivity index (χ4n) is 1.77. The van der Waals surface area contributed by atoms with Gasteiger partial charge in [-0.15, -0.1) is 0 Å². The second-order valence-electron chi connectivity index (χ2n) is 3.64. The van der Waals surface area contributed by atoms with E-state index in [-0.39, 0.29) is 11.3 Å². The molecule has 64 valence electrons. The van der Waals surface area contributed by atoms with Crippen LogP contribution in [0.15, 0.2) is 0 Å². The second kappa shape index (κ2) is 2.81. The van der Waals surface area contributed by atoms with E-state index < -0.39 is 0 Å². The normalized spacial score (nSPS) is 21.1. The molecule has 0 aromatic heterocycles. The molecule has 3 heteroatoms. The Kier molecular flexibility index (Phi) is 2.18. The fourth-order valence-corrected chi connectivity index (χ4v) is 1.77. The largest absolute Gasteiger partial charge is 0.294 e. The van der Waals surface area contributed by atoms with E-state index in [1.807, 2.05) is 0 Å².